The van der Waals surface area contributed by atoms with Crippen molar-refractivity contribution in [3.8, 4) is 5.75 Å². The Kier molecular flexibility index (Phi) is 4.41. The molecule has 0 aliphatic rings. The predicted molar refractivity (Wildman–Crippen MR) is 74.9 cm³/mol. The van der Waals surface area contributed by atoms with Crippen LogP contribution in [0.1, 0.15) is 12.5 Å². The Labute approximate surface area is 118 Å². The van der Waals surface area contributed by atoms with Crippen molar-refractivity contribution in [1.82, 2.24) is 14.3 Å². The second-order valence-corrected chi connectivity index (χ2v) is 6.23. The van der Waals surface area contributed by atoms with E-state index in [9.17, 15) is 8.42 Å². The first-order valence-electron chi connectivity index (χ1n) is 6.21. The summed E-state index contributed by atoms with van der Waals surface area (Å²) in [6.45, 7) is 2.66. The van der Waals surface area contributed by atoms with Crippen LogP contribution >= 0.6 is 0 Å². The van der Waals surface area contributed by atoms with Crippen molar-refractivity contribution in [2.45, 2.75) is 18.5 Å². The number of imidazole rings is 1. The Morgan fingerprint density at radius 3 is 2.75 bits per heavy atom. The molecule has 0 spiro atoms. The number of para-hydroxylation sites is 1. The van der Waals surface area contributed by atoms with Crippen LogP contribution in [0.25, 0.3) is 0 Å². The van der Waals surface area contributed by atoms with Crippen LogP contribution < -0.4 is 4.74 Å². The maximum absolute atomic E-state index is 12.3. The van der Waals surface area contributed by atoms with Crippen molar-refractivity contribution in [3.63, 3.8) is 0 Å². The lowest BCUT2D eigenvalue weighted by atomic mass is 10.2. The van der Waals surface area contributed by atoms with Gasteiger partial charge in [0.05, 0.1) is 19.1 Å². The van der Waals surface area contributed by atoms with E-state index in [1.54, 1.807) is 0 Å². The molecule has 2 aromatic rings. The number of ether oxygens (including phenoxy) is 1. The molecule has 6 nitrogen and oxygen atoms in total. The van der Waals surface area contributed by atoms with Gasteiger partial charge < -0.3 is 9.72 Å². The molecule has 7 heteroatoms. The van der Waals surface area contributed by atoms with Gasteiger partial charge in [-0.3, -0.25) is 0 Å². The lowest BCUT2D eigenvalue weighted by molar-refractivity contribution is 0.332. The van der Waals surface area contributed by atoms with Crippen LogP contribution in [0, 0.1) is 0 Å². The minimum Gasteiger partial charge on any atom is -0.494 e. The van der Waals surface area contributed by atoms with Crippen molar-refractivity contribution >= 4 is 10.0 Å². The van der Waals surface area contributed by atoms with Crippen LogP contribution in [0.15, 0.2) is 41.8 Å². The molecule has 0 saturated carbocycles. The lowest BCUT2D eigenvalue weighted by Crippen LogP contribution is -2.27. The molecule has 0 amide bonds. The number of aromatic amines is 1. The number of H-pyrrole nitrogens is 1. The maximum atomic E-state index is 12.3. The average Bonchev–Trinajstić information content (AvgIpc) is 2.96. The fourth-order valence-electron chi connectivity index (χ4n) is 1.81. The number of sulfonamides is 1. The van der Waals surface area contributed by atoms with Gasteiger partial charge in [0.2, 0.25) is 0 Å². The van der Waals surface area contributed by atoms with Gasteiger partial charge in [0.15, 0.2) is 5.03 Å². The third-order valence-electron chi connectivity index (χ3n) is 2.83. The van der Waals surface area contributed by atoms with Crippen molar-refractivity contribution in [2.24, 2.45) is 0 Å². The molecule has 0 saturated heterocycles. The number of benzene rings is 1. The van der Waals surface area contributed by atoms with Gasteiger partial charge in [0, 0.05) is 19.2 Å². The zero-order valence-corrected chi connectivity index (χ0v) is 12.2. The van der Waals surface area contributed by atoms with Crippen LogP contribution in [-0.2, 0) is 16.6 Å². The number of nitrogens with one attached hydrogen (secondary N) is 1. The first-order valence-corrected chi connectivity index (χ1v) is 7.65. The summed E-state index contributed by atoms with van der Waals surface area (Å²) in [5, 5.41) is 0.0777. The minimum absolute atomic E-state index is 0.0777. The van der Waals surface area contributed by atoms with Gasteiger partial charge in [-0.1, -0.05) is 18.2 Å². The largest absolute Gasteiger partial charge is 0.494 e. The van der Waals surface area contributed by atoms with E-state index < -0.39 is 10.0 Å². The topological polar surface area (TPSA) is 75.3 Å². The van der Waals surface area contributed by atoms with Crippen molar-refractivity contribution in [1.29, 1.82) is 0 Å². The van der Waals surface area contributed by atoms with Crippen molar-refractivity contribution in [3.05, 3.63) is 42.4 Å². The molecule has 2 rings (SSSR count). The van der Waals surface area contributed by atoms with E-state index in [0.29, 0.717) is 12.4 Å². The zero-order chi connectivity index (χ0) is 14.6. The van der Waals surface area contributed by atoms with E-state index in [0.717, 1.165) is 5.56 Å². The summed E-state index contributed by atoms with van der Waals surface area (Å²) in [5.74, 6) is 0.696. The third-order valence-corrected chi connectivity index (χ3v) is 4.56. The van der Waals surface area contributed by atoms with Gasteiger partial charge >= 0.3 is 0 Å². The molecule has 1 aromatic heterocycles. The molecule has 0 unspecified atom stereocenters. The maximum Gasteiger partial charge on any atom is 0.260 e. The highest BCUT2D eigenvalue weighted by Gasteiger charge is 2.23. The number of aromatic nitrogens is 2. The fraction of sp³-hybridized carbons (Fsp3) is 0.308. The molecule has 1 heterocycles. The van der Waals surface area contributed by atoms with Crippen LogP contribution in [0.4, 0.5) is 0 Å². The molecule has 0 fully saturated rings. The highest BCUT2D eigenvalue weighted by molar-refractivity contribution is 7.89. The van der Waals surface area contributed by atoms with Crippen LogP contribution in [0.5, 0.6) is 5.75 Å². The van der Waals surface area contributed by atoms with E-state index in [2.05, 4.69) is 9.97 Å². The van der Waals surface area contributed by atoms with Crippen molar-refractivity contribution < 1.29 is 13.2 Å². The summed E-state index contributed by atoms with van der Waals surface area (Å²) in [6, 6.07) is 7.39. The number of hydrogen-bond donors (Lipinski definition) is 1. The Morgan fingerprint density at radius 1 is 1.35 bits per heavy atom. The summed E-state index contributed by atoms with van der Waals surface area (Å²) < 4.78 is 31.3. The van der Waals surface area contributed by atoms with Gasteiger partial charge in [0.1, 0.15) is 5.75 Å². The first kappa shape index (κ1) is 14.5. The van der Waals surface area contributed by atoms with E-state index in [1.807, 2.05) is 31.2 Å². The SMILES string of the molecule is CCOc1ccccc1CN(C)S(=O)(=O)c1cnc[nH]1. The highest BCUT2D eigenvalue weighted by atomic mass is 32.2. The van der Waals surface area contributed by atoms with E-state index in [4.69, 9.17) is 4.74 Å². The summed E-state index contributed by atoms with van der Waals surface area (Å²) >= 11 is 0. The Bertz CT molecular complexity index is 653. The van der Waals surface area contributed by atoms with Crippen LogP contribution in [0.3, 0.4) is 0 Å². The highest BCUT2D eigenvalue weighted by Crippen LogP contribution is 2.22. The number of hydrogen-bond acceptors (Lipinski definition) is 4. The third kappa shape index (κ3) is 3.00. The Hall–Kier alpha value is -1.86. The Balaban J connectivity index is 2.22. The van der Waals surface area contributed by atoms with E-state index >= 15 is 0 Å². The zero-order valence-electron chi connectivity index (χ0n) is 11.4. The quantitative estimate of drug-likeness (QED) is 0.879. The monoisotopic (exact) mass is 295 g/mol. The first-order chi connectivity index (χ1) is 9.55. The van der Waals surface area contributed by atoms with E-state index in [-0.39, 0.29) is 11.6 Å². The normalized spacial score (nSPS) is 11.8. The second-order valence-electron chi connectivity index (χ2n) is 4.22. The van der Waals surface area contributed by atoms with E-state index in [1.165, 1.54) is 23.9 Å². The van der Waals surface area contributed by atoms with Gasteiger partial charge in [-0.25, -0.2) is 13.4 Å². The smallest absolute Gasteiger partial charge is 0.260 e. The summed E-state index contributed by atoms with van der Waals surface area (Å²) in [6.07, 6.45) is 2.63. The molecule has 0 radical (unpaired) electrons. The average molecular weight is 295 g/mol. The van der Waals surface area contributed by atoms with Gasteiger partial charge in [-0.15, -0.1) is 0 Å². The summed E-state index contributed by atoms with van der Waals surface area (Å²) in [5.41, 5.74) is 0.819. The number of nitrogens with zero attached hydrogens (tertiary/aromatic N) is 2. The van der Waals surface area contributed by atoms with Crippen LogP contribution in [0.2, 0.25) is 0 Å². The minimum atomic E-state index is -3.57. The fourth-order valence-corrected chi connectivity index (χ4v) is 2.85. The molecule has 0 aliphatic carbocycles. The van der Waals surface area contributed by atoms with Crippen molar-refractivity contribution in [2.75, 3.05) is 13.7 Å². The summed E-state index contributed by atoms with van der Waals surface area (Å²) in [7, 11) is -2.04. The molecule has 0 bridgehead atoms. The van der Waals surface area contributed by atoms with Gasteiger partial charge in [0.25, 0.3) is 10.0 Å². The number of rotatable bonds is 6. The molecule has 20 heavy (non-hydrogen) atoms. The van der Waals surface area contributed by atoms with Gasteiger partial charge in [-0.05, 0) is 13.0 Å². The molecule has 0 aliphatic heterocycles. The summed E-state index contributed by atoms with van der Waals surface area (Å²) in [4.78, 5) is 6.35. The van der Waals surface area contributed by atoms with Crippen LogP contribution in [-0.4, -0.2) is 36.3 Å². The van der Waals surface area contributed by atoms with Gasteiger partial charge in [-0.2, -0.15) is 4.31 Å². The lowest BCUT2D eigenvalue weighted by Gasteiger charge is -2.18. The second kappa shape index (κ2) is 6.06. The molecule has 1 N–H and O–H groups in total. The standard InChI is InChI=1S/C13H17N3O3S/c1-3-19-12-7-5-4-6-11(12)9-16(2)20(17,18)13-8-14-10-15-13/h4-8,10H,3,9H2,1-2H3,(H,14,15). The molecule has 1 aromatic carbocycles. The Morgan fingerprint density at radius 2 is 2.10 bits per heavy atom. The molecular weight excluding hydrogens is 278 g/mol. The predicted octanol–water partition coefficient (Wildman–Crippen LogP) is 1.63. The molecule has 0 atom stereocenters. The molecule has 108 valence electrons. The molecular formula is C13H17N3O3S.